The minimum absolute atomic E-state index is 0.00874. The van der Waals surface area contributed by atoms with Crippen LogP contribution in [0.25, 0.3) is 0 Å². The van der Waals surface area contributed by atoms with Gasteiger partial charge in [0.05, 0.1) is 0 Å². The second kappa shape index (κ2) is 7.11. The number of piperidine rings is 1. The Hall–Kier alpha value is -2.24. The van der Waals surface area contributed by atoms with E-state index in [1.807, 2.05) is 17.9 Å². The number of likely N-dealkylation sites (tertiary alicyclic amines) is 1. The Morgan fingerprint density at radius 1 is 1.29 bits per heavy atom. The molecule has 1 atom stereocenters. The predicted molar refractivity (Wildman–Crippen MR) is 94.1 cm³/mol. The maximum atomic E-state index is 12.5. The summed E-state index contributed by atoms with van der Waals surface area (Å²) < 4.78 is 0. The Labute approximate surface area is 143 Å². The Kier molecular flexibility index (Phi) is 4.92. The van der Waals surface area contributed by atoms with E-state index in [1.165, 1.54) is 11.1 Å². The van der Waals surface area contributed by atoms with E-state index in [-0.39, 0.29) is 24.0 Å². The van der Waals surface area contributed by atoms with E-state index in [0.29, 0.717) is 19.6 Å². The number of hydrogen-bond donors (Lipinski definition) is 3. The zero-order valence-corrected chi connectivity index (χ0v) is 14.4. The highest BCUT2D eigenvalue weighted by Gasteiger charge is 2.29. The Morgan fingerprint density at radius 2 is 2.04 bits per heavy atom. The average Bonchev–Trinajstić information content (AvgIpc) is 2.99. The molecule has 3 rings (SSSR count). The van der Waals surface area contributed by atoms with E-state index >= 15 is 0 Å². The topological polar surface area (TPSA) is 73.5 Å². The van der Waals surface area contributed by atoms with Crippen LogP contribution in [0, 0.1) is 6.92 Å². The van der Waals surface area contributed by atoms with Crippen molar-refractivity contribution in [3.63, 3.8) is 0 Å². The van der Waals surface area contributed by atoms with Gasteiger partial charge in [0.15, 0.2) is 0 Å². The summed E-state index contributed by atoms with van der Waals surface area (Å²) in [7, 11) is 0. The third-order valence-electron chi connectivity index (χ3n) is 4.79. The van der Waals surface area contributed by atoms with Crippen LogP contribution in [0.5, 0.6) is 0 Å². The van der Waals surface area contributed by atoms with Gasteiger partial charge in [-0.3, -0.25) is 4.79 Å². The number of urea groups is 1. The minimum Gasteiger partial charge on any atom is -0.373 e. The maximum absolute atomic E-state index is 12.5. The molecule has 0 aromatic heterocycles. The molecule has 2 aliphatic rings. The number of amides is 3. The third-order valence-corrected chi connectivity index (χ3v) is 4.79. The van der Waals surface area contributed by atoms with Crippen LogP contribution in [0.3, 0.4) is 0 Å². The van der Waals surface area contributed by atoms with Gasteiger partial charge in [-0.2, -0.15) is 0 Å². The average molecular weight is 330 g/mol. The Morgan fingerprint density at radius 3 is 2.75 bits per heavy atom. The van der Waals surface area contributed by atoms with Gasteiger partial charge in [-0.05, 0) is 38.3 Å². The molecule has 2 heterocycles. The molecule has 3 N–H and O–H groups in total. The van der Waals surface area contributed by atoms with Gasteiger partial charge in [-0.1, -0.05) is 17.7 Å². The smallest absolute Gasteiger partial charge is 0.317 e. The van der Waals surface area contributed by atoms with Crippen molar-refractivity contribution < 1.29 is 9.59 Å². The highest BCUT2D eigenvalue weighted by Crippen LogP contribution is 2.26. The molecular weight excluding hydrogens is 304 g/mol. The standard InChI is InChI=1S/C18H26N4O2/c1-3-19-18(24)22-8-6-14(7-9-22)20-17(23)16-11-13-10-12(2)4-5-15(13)21-16/h4-5,10,14,16,21H,3,6-9,11H2,1-2H3,(H,19,24)(H,20,23)/t16-/m1/s1. The molecule has 0 saturated carbocycles. The van der Waals surface area contributed by atoms with Gasteiger partial charge >= 0.3 is 6.03 Å². The fourth-order valence-corrected chi connectivity index (χ4v) is 3.44. The summed E-state index contributed by atoms with van der Waals surface area (Å²) in [5.74, 6) is 0.0558. The SMILES string of the molecule is CCNC(=O)N1CCC(NC(=O)[C@H]2Cc3cc(C)ccc3N2)CC1. The summed E-state index contributed by atoms with van der Waals surface area (Å²) in [5, 5.41) is 9.27. The molecule has 1 saturated heterocycles. The van der Waals surface area contributed by atoms with E-state index < -0.39 is 0 Å². The zero-order chi connectivity index (χ0) is 17.1. The summed E-state index contributed by atoms with van der Waals surface area (Å²) in [5.41, 5.74) is 3.49. The van der Waals surface area contributed by atoms with Crippen molar-refractivity contribution in [1.29, 1.82) is 0 Å². The van der Waals surface area contributed by atoms with Crippen LogP contribution in [-0.4, -0.2) is 48.6 Å². The number of hydrogen-bond acceptors (Lipinski definition) is 3. The van der Waals surface area contributed by atoms with Gasteiger partial charge < -0.3 is 20.9 Å². The first kappa shape index (κ1) is 16.6. The fraction of sp³-hybridized carbons (Fsp3) is 0.556. The largest absolute Gasteiger partial charge is 0.373 e. The van der Waals surface area contributed by atoms with Crippen LogP contribution in [0.1, 0.15) is 30.9 Å². The summed E-state index contributed by atoms with van der Waals surface area (Å²) in [4.78, 5) is 26.1. The van der Waals surface area contributed by atoms with Crippen LogP contribution in [0.4, 0.5) is 10.5 Å². The van der Waals surface area contributed by atoms with Gasteiger partial charge in [0, 0.05) is 37.8 Å². The van der Waals surface area contributed by atoms with Crippen LogP contribution in [-0.2, 0) is 11.2 Å². The predicted octanol–water partition coefficient (Wildman–Crippen LogP) is 1.64. The van der Waals surface area contributed by atoms with Gasteiger partial charge in [0.25, 0.3) is 0 Å². The fourth-order valence-electron chi connectivity index (χ4n) is 3.44. The Bertz CT molecular complexity index is 623. The zero-order valence-electron chi connectivity index (χ0n) is 14.4. The highest BCUT2D eigenvalue weighted by atomic mass is 16.2. The third kappa shape index (κ3) is 3.63. The van der Waals surface area contributed by atoms with Gasteiger partial charge in [-0.15, -0.1) is 0 Å². The van der Waals surface area contributed by atoms with Crippen LogP contribution in [0.15, 0.2) is 18.2 Å². The minimum atomic E-state index is -0.191. The molecule has 0 bridgehead atoms. The van der Waals surface area contributed by atoms with Gasteiger partial charge in [0.1, 0.15) is 6.04 Å². The van der Waals surface area contributed by atoms with E-state index in [4.69, 9.17) is 0 Å². The molecule has 0 radical (unpaired) electrons. The summed E-state index contributed by atoms with van der Waals surface area (Å²) in [6, 6.07) is 6.19. The van der Waals surface area contributed by atoms with Crippen molar-refractivity contribution in [1.82, 2.24) is 15.5 Å². The first-order valence-electron chi connectivity index (χ1n) is 8.76. The van der Waals surface area contributed by atoms with Crippen molar-refractivity contribution in [3.8, 4) is 0 Å². The lowest BCUT2D eigenvalue weighted by Crippen LogP contribution is -2.51. The number of nitrogens with zero attached hydrogens (tertiary/aromatic N) is 1. The molecule has 3 amide bonds. The number of nitrogens with one attached hydrogen (secondary N) is 3. The Balaban J connectivity index is 1.48. The van der Waals surface area contributed by atoms with Crippen molar-refractivity contribution in [2.45, 2.75) is 45.2 Å². The van der Waals surface area contributed by atoms with Gasteiger partial charge in [-0.25, -0.2) is 4.79 Å². The molecule has 1 aromatic carbocycles. The number of benzene rings is 1. The molecule has 130 valence electrons. The van der Waals surface area contributed by atoms with Crippen LogP contribution < -0.4 is 16.0 Å². The molecule has 1 fully saturated rings. The molecule has 0 unspecified atom stereocenters. The summed E-state index contributed by atoms with van der Waals surface area (Å²) in [6.45, 7) is 6.00. The number of aryl methyl sites for hydroxylation is 1. The molecule has 24 heavy (non-hydrogen) atoms. The van der Waals surface area contributed by atoms with E-state index in [2.05, 4.69) is 35.0 Å². The molecule has 1 aromatic rings. The molecule has 2 aliphatic heterocycles. The number of carbonyl (C=O) groups excluding carboxylic acids is 2. The molecule has 0 aliphatic carbocycles. The van der Waals surface area contributed by atoms with Crippen molar-refractivity contribution in [2.75, 3.05) is 25.0 Å². The summed E-state index contributed by atoms with van der Waals surface area (Å²) >= 11 is 0. The lowest BCUT2D eigenvalue weighted by molar-refractivity contribution is -0.122. The summed E-state index contributed by atoms with van der Waals surface area (Å²) in [6.07, 6.45) is 2.35. The molecular formula is C18H26N4O2. The second-order valence-electron chi connectivity index (χ2n) is 6.67. The quantitative estimate of drug-likeness (QED) is 0.789. The van der Waals surface area contributed by atoms with E-state index in [1.54, 1.807) is 0 Å². The second-order valence-corrected chi connectivity index (χ2v) is 6.67. The van der Waals surface area contributed by atoms with Gasteiger partial charge in [0.2, 0.25) is 5.91 Å². The first-order valence-corrected chi connectivity index (χ1v) is 8.76. The molecule has 6 nitrogen and oxygen atoms in total. The van der Waals surface area contributed by atoms with E-state index in [0.717, 1.165) is 24.9 Å². The lowest BCUT2D eigenvalue weighted by atomic mass is 10.0. The number of carbonyl (C=O) groups is 2. The maximum Gasteiger partial charge on any atom is 0.317 e. The first-order chi connectivity index (χ1) is 11.6. The molecule has 0 spiro atoms. The number of anilines is 1. The van der Waals surface area contributed by atoms with Crippen molar-refractivity contribution in [3.05, 3.63) is 29.3 Å². The monoisotopic (exact) mass is 330 g/mol. The highest BCUT2D eigenvalue weighted by molar-refractivity contribution is 5.87. The number of rotatable bonds is 3. The van der Waals surface area contributed by atoms with Crippen LogP contribution >= 0.6 is 0 Å². The lowest BCUT2D eigenvalue weighted by Gasteiger charge is -2.32. The van der Waals surface area contributed by atoms with Crippen molar-refractivity contribution in [2.24, 2.45) is 0 Å². The number of fused-ring (bicyclic) bond motifs is 1. The van der Waals surface area contributed by atoms with Crippen LogP contribution in [0.2, 0.25) is 0 Å². The normalized spacial score (nSPS) is 20.2. The van der Waals surface area contributed by atoms with E-state index in [9.17, 15) is 9.59 Å². The molecule has 6 heteroatoms. The van der Waals surface area contributed by atoms with Crippen molar-refractivity contribution >= 4 is 17.6 Å².